The highest BCUT2D eigenvalue weighted by Gasteiger charge is 2.31. The van der Waals surface area contributed by atoms with Crippen LogP contribution in [-0.4, -0.2) is 48.8 Å². The Labute approximate surface area is 168 Å². The summed E-state index contributed by atoms with van der Waals surface area (Å²) in [4.78, 5) is 19.6. The van der Waals surface area contributed by atoms with E-state index >= 15 is 0 Å². The fourth-order valence-corrected chi connectivity index (χ4v) is 3.22. The van der Waals surface area contributed by atoms with E-state index in [1.807, 2.05) is 23.1 Å². The lowest BCUT2D eigenvalue weighted by molar-refractivity contribution is -0.137. The summed E-state index contributed by atoms with van der Waals surface area (Å²) in [6.07, 6.45) is -3.17. The van der Waals surface area contributed by atoms with Crippen molar-refractivity contribution in [3.8, 4) is 0 Å². The zero-order valence-corrected chi connectivity index (χ0v) is 16.2. The number of anilines is 1. The Bertz CT molecular complexity index is 789. The molecule has 1 unspecified atom stereocenters. The van der Waals surface area contributed by atoms with Crippen LogP contribution in [0.5, 0.6) is 0 Å². The average molecular weight is 407 g/mol. The van der Waals surface area contributed by atoms with E-state index in [1.54, 1.807) is 4.90 Å². The number of carbonyl (C=O) groups excluding carboxylic acids is 1. The first kappa shape index (κ1) is 21.0. The lowest BCUT2D eigenvalue weighted by Crippen LogP contribution is -2.49. The summed E-state index contributed by atoms with van der Waals surface area (Å²) >= 11 is 0. The maximum absolute atomic E-state index is 12.6. The Morgan fingerprint density at radius 2 is 1.79 bits per heavy atom. The minimum absolute atomic E-state index is 0.298. The summed E-state index contributed by atoms with van der Waals surface area (Å²) in [5.41, 5.74) is 0.439. The molecule has 0 spiro atoms. The molecule has 0 aliphatic carbocycles. The van der Waals surface area contributed by atoms with Crippen LogP contribution >= 0.6 is 0 Å². The first-order valence-electron chi connectivity index (χ1n) is 9.59. The van der Waals surface area contributed by atoms with Crippen LogP contribution in [0.4, 0.5) is 23.8 Å². The van der Waals surface area contributed by atoms with Gasteiger partial charge in [-0.25, -0.2) is 9.78 Å². The molecule has 0 bridgehead atoms. The van der Waals surface area contributed by atoms with Gasteiger partial charge < -0.3 is 14.5 Å². The predicted octanol–water partition coefficient (Wildman–Crippen LogP) is 4.55. The molecular weight excluding hydrogens is 383 g/mol. The Kier molecular flexibility index (Phi) is 6.61. The van der Waals surface area contributed by atoms with Crippen LogP contribution < -0.4 is 4.90 Å². The second-order valence-electron chi connectivity index (χ2n) is 7.09. The monoisotopic (exact) mass is 407 g/mol. The van der Waals surface area contributed by atoms with Crippen molar-refractivity contribution < 1.29 is 22.7 Å². The number of ether oxygens (including phenoxy) is 1. The van der Waals surface area contributed by atoms with Crippen molar-refractivity contribution in [3.63, 3.8) is 0 Å². The molecule has 8 heteroatoms. The van der Waals surface area contributed by atoms with Crippen molar-refractivity contribution in [1.82, 2.24) is 9.88 Å². The summed E-state index contributed by atoms with van der Waals surface area (Å²) in [5.74, 6) is 0.772. The molecule has 1 fully saturated rings. The number of nitrogens with zero attached hydrogens (tertiary/aromatic N) is 3. The number of benzene rings is 1. The Hall–Kier alpha value is -2.77. The van der Waals surface area contributed by atoms with Gasteiger partial charge in [0.25, 0.3) is 0 Å². The molecule has 3 rings (SSSR count). The molecule has 1 aliphatic rings. The first-order chi connectivity index (χ1) is 13.8. The maximum atomic E-state index is 12.6. The van der Waals surface area contributed by atoms with E-state index in [-0.39, 0.29) is 6.09 Å². The van der Waals surface area contributed by atoms with Crippen molar-refractivity contribution in [2.45, 2.75) is 25.4 Å². The summed E-state index contributed by atoms with van der Waals surface area (Å²) in [6, 6.07) is 12.4. The van der Waals surface area contributed by atoms with Gasteiger partial charge in [0.1, 0.15) is 5.82 Å². The zero-order chi connectivity index (χ0) is 20.9. The van der Waals surface area contributed by atoms with Crippen molar-refractivity contribution in [2.24, 2.45) is 0 Å². The second-order valence-corrected chi connectivity index (χ2v) is 7.09. The molecule has 0 saturated carbocycles. The van der Waals surface area contributed by atoms with Gasteiger partial charge in [-0.15, -0.1) is 0 Å². The van der Waals surface area contributed by atoms with Crippen molar-refractivity contribution in [2.75, 3.05) is 37.7 Å². The molecule has 0 N–H and O–H groups in total. The Morgan fingerprint density at radius 3 is 2.38 bits per heavy atom. The molecule has 1 aromatic heterocycles. The van der Waals surface area contributed by atoms with Gasteiger partial charge in [0.05, 0.1) is 12.2 Å². The minimum atomic E-state index is -4.40. The molecular formula is C21H24F3N3O2. The maximum Gasteiger partial charge on any atom is 0.417 e. The highest BCUT2D eigenvalue weighted by Crippen LogP contribution is 2.29. The van der Waals surface area contributed by atoms with E-state index in [9.17, 15) is 18.0 Å². The Morgan fingerprint density at radius 1 is 1.10 bits per heavy atom. The van der Waals surface area contributed by atoms with Gasteiger partial charge in [-0.3, -0.25) is 0 Å². The summed E-state index contributed by atoms with van der Waals surface area (Å²) in [5, 5.41) is 0. The van der Waals surface area contributed by atoms with Crippen molar-refractivity contribution in [3.05, 3.63) is 59.8 Å². The standard InChI is InChI=1S/C21H24F3N3O2/c1-16(17-5-3-2-4-6-17)9-14-29-20(28)27-12-10-26(11-13-27)19-8-7-18(15-25-19)21(22,23)24/h2-8,15-16H,9-14H2,1H3. The van der Waals surface area contributed by atoms with Gasteiger partial charge >= 0.3 is 12.3 Å². The van der Waals surface area contributed by atoms with Crippen LogP contribution in [0, 0.1) is 0 Å². The molecule has 2 heterocycles. The normalized spacial score (nSPS) is 15.9. The number of piperazine rings is 1. The smallest absolute Gasteiger partial charge is 0.417 e. The zero-order valence-electron chi connectivity index (χ0n) is 16.2. The number of aromatic nitrogens is 1. The fraction of sp³-hybridized carbons (Fsp3) is 0.429. The SMILES string of the molecule is CC(CCOC(=O)N1CCN(c2ccc(C(F)(F)F)cn2)CC1)c1ccccc1. The second kappa shape index (κ2) is 9.15. The summed E-state index contributed by atoms with van der Waals surface area (Å²) in [7, 11) is 0. The van der Waals surface area contributed by atoms with Crippen LogP contribution in [0.2, 0.25) is 0 Å². The molecule has 1 amide bonds. The van der Waals surface area contributed by atoms with Crippen molar-refractivity contribution in [1.29, 1.82) is 0 Å². The predicted molar refractivity (Wildman–Crippen MR) is 104 cm³/mol. The quantitative estimate of drug-likeness (QED) is 0.729. The molecule has 1 aliphatic heterocycles. The number of carbonyl (C=O) groups is 1. The number of rotatable bonds is 5. The summed E-state index contributed by atoms with van der Waals surface area (Å²) in [6.45, 7) is 4.31. The number of hydrogen-bond donors (Lipinski definition) is 0. The molecule has 29 heavy (non-hydrogen) atoms. The lowest BCUT2D eigenvalue weighted by Gasteiger charge is -2.34. The number of hydrogen-bond acceptors (Lipinski definition) is 4. The molecule has 1 saturated heterocycles. The van der Waals surface area contributed by atoms with E-state index in [2.05, 4.69) is 24.0 Å². The largest absolute Gasteiger partial charge is 0.449 e. The molecule has 1 aromatic carbocycles. The molecule has 5 nitrogen and oxygen atoms in total. The van der Waals surface area contributed by atoms with Gasteiger partial charge in [-0.2, -0.15) is 13.2 Å². The first-order valence-corrected chi connectivity index (χ1v) is 9.59. The van der Waals surface area contributed by atoms with E-state index in [0.717, 1.165) is 18.7 Å². The molecule has 0 radical (unpaired) electrons. The van der Waals surface area contributed by atoms with E-state index in [4.69, 9.17) is 4.74 Å². The van der Waals surface area contributed by atoms with E-state index in [1.165, 1.54) is 11.6 Å². The Balaban J connectivity index is 1.42. The topological polar surface area (TPSA) is 45.7 Å². The highest BCUT2D eigenvalue weighted by atomic mass is 19.4. The molecule has 1 atom stereocenters. The molecule has 2 aromatic rings. The van der Waals surface area contributed by atoms with Gasteiger partial charge in [0, 0.05) is 32.4 Å². The van der Waals surface area contributed by atoms with Gasteiger partial charge in [0.2, 0.25) is 0 Å². The van der Waals surface area contributed by atoms with E-state index < -0.39 is 11.7 Å². The van der Waals surface area contributed by atoms with Gasteiger partial charge in [0.15, 0.2) is 0 Å². The highest BCUT2D eigenvalue weighted by molar-refractivity contribution is 5.68. The van der Waals surface area contributed by atoms with Crippen LogP contribution in [0.3, 0.4) is 0 Å². The van der Waals surface area contributed by atoms with Gasteiger partial charge in [-0.1, -0.05) is 37.3 Å². The molecule has 156 valence electrons. The third-order valence-corrected chi connectivity index (χ3v) is 5.08. The average Bonchev–Trinajstić information content (AvgIpc) is 2.74. The van der Waals surface area contributed by atoms with Crippen molar-refractivity contribution >= 4 is 11.9 Å². The summed E-state index contributed by atoms with van der Waals surface area (Å²) < 4.78 is 43.3. The number of alkyl halides is 3. The van der Waals surface area contributed by atoms with E-state index in [0.29, 0.717) is 44.5 Å². The number of pyridine rings is 1. The third kappa shape index (κ3) is 5.62. The van der Waals surface area contributed by atoms with Crippen LogP contribution in [-0.2, 0) is 10.9 Å². The lowest BCUT2D eigenvalue weighted by atomic mass is 9.98. The minimum Gasteiger partial charge on any atom is -0.449 e. The number of amides is 1. The van der Waals surface area contributed by atoms with Crippen LogP contribution in [0.25, 0.3) is 0 Å². The van der Waals surface area contributed by atoms with Crippen LogP contribution in [0.15, 0.2) is 48.7 Å². The fourth-order valence-electron chi connectivity index (χ4n) is 3.22. The van der Waals surface area contributed by atoms with Gasteiger partial charge in [-0.05, 0) is 30.0 Å². The van der Waals surface area contributed by atoms with Crippen LogP contribution in [0.1, 0.15) is 30.4 Å². The number of halogens is 3. The third-order valence-electron chi connectivity index (χ3n) is 5.08.